The van der Waals surface area contributed by atoms with Crippen LogP contribution in [0.15, 0.2) is 0 Å². The van der Waals surface area contributed by atoms with Crippen molar-refractivity contribution in [1.82, 2.24) is 4.90 Å². The van der Waals surface area contributed by atoms with Crippen LogP contribution in [-0.4, -0.2) is 24.5 Å². The van der Waals surface area contributed by atoms with Crippen LogP contribution in [0.3, 0.4) is 0 Å². The number of rotatable bonds is 15. The van der Waals surface area contributed by atoms with Gasteiger partial charge in [0.15, 0.2) is 0 Å². The van der Waals surface area contributed by atoms with E-state index in [0.29, 0.717) is 0 Å². The zero-order chi connectivity index (χ0) is 20.2. The Kier molecular flexibility index (Phi) is 11.5. The van der Waals surface area contributed by atoms with Crippen LogP contribution in [0, 0.1) is 23.2 Å². The summed E-state index contributed by atoms with van der Waals surface area (Å²) in [6, 6.07) is 0. The van der Waals surface area contributed by atoms with Crippen molar-refractivity contribution in [3.63, 3.8) is 0 Å². The second kappa shape index (κ2) is 13.3. The van der Waals surface area contributed by atoms with E-state index in [4.69, 9.17) is 0 Å². The lowest BCUT2D eigenvalue weighted by Crippen LogP contribution is -2.48. The first-order chi connectivity index (χ1) is 13.6. The molecule has 28 heavy (non-hydrogen) atoms. The molecule has 2 atom stereocenters. The van der Waals surface area contributed by atoms with E-state index >= 15 is 0 Å². The topological polar surface area (TPSA) is 3.24 Å². The molecule has 0 amide bonds. The van der Waals surface area contributed by atoms with Gasteiger partial charge in [-0.1, -0.05) is 91.9 Å². The first-order valence-electron chi connectivity index (χ1n) is 13.3. The van der Waals surface area contributed by atoms with Crippen LogP contribution >= 0.6 is 0 Å². The van der Waals surface area contributed by atoms with Gasteiger partial charge in [-0.3, -0.25) is 0 Å². The van der Waals surface area contributed by atoms with Crippen molar-refractivity contribution in [2.24, 2.45) is 23.2 Å². The summed E-state index contributed by atoms with van der Waals surface area (Å²) in [5.74, 6) is 3.00. The molecule has 1 saturated heterocycles. The second-order valence-corrected chi connectivity index (χ2v) is 10.9. The molecule has 0 radical (unpaired) electrons. The Labute approximate surface area is 178 Å². The fraction of sp³-hybridized carbons (Fsp3) is 1.00. The summed E-state index contributed by atoms with van der Waals surface area (Å²) >= 11 is 0. The van der Waals surface area contributed by atoms with Crippen LogP contribution in [0.4, 0.5) is 0 Å². The molecule has 1 heterocycles. The molecule has 2 fully saturated rings. The molecule has 1 saturated carbocycles. The molecular formula is C27H53N. The minimum atomic E-state index is 0.773. The summed E-state index contributed by atoms with van der Waals surface area (Å²) in [5, 5.41) is 0. The van der Waals surface area contributed by atoms with Crippen LogP contribution < -0.4 is 0 Å². The molecule has 1 aliphatic carbocycles. The van der Waals surface area contributed by atoms with E-state index < -0.39 is 0 Å². The van der Waals surface area contributed by atoms with Crippen molar-refractivity contribution < 1.29 is 0 Å². The first kappa shape index (κ1) is 24.2. The van der Waals surface area contributed by atoms with Gasteiger partial charge in [-0.15, -0.1) is 0 Å². The highest BCUT2D eigenvalue weighted by molar-refractivity contribution is 4.97. The standard InChI is InChI=1S/C27H53N/c1-5-8-10-11-14-25(12-7-3)23-28-19-17-27(18-20-28)21-26(22-27)16-15-24(4)13-9-6-2/h24-26H,5-23H2,1-4H3. The predicted octanol–water partition coefficient (Wildman–Crippen LogP) is 8.47. The maximum absolute atomic E-state index is 2.84. The monoisotopic (exact) mass is 391 g/mol. The van der Waals surface area contributed by atoms with Gasteiger partial charge in [0.05, 0.1) is 0 Å². The zero-order valence-electron chi connectivity index (χ0n) is 20.1. The van der Waals surface area contributed by atoms with Crippen molar-refractivity contribution in [3.05, 3.63) is 0 Å². The molecule has 0 bridgehead atoms. The molecular weight excluding hydrogens is 338 g/mol. The molecule has 1 nitrogen and oxygen atoms in total. The summed E-state index contributed by atoms with van der Waals surface area (Å²) in [6.45, 7) is 13.7. The molecule has 1 heteroatoms. The number of hydrogen-bond acceptors (Lipinski definition) is 1. The van der Waals surface area contributed by atoms with E-state index in [1.165, 1.54) is 110 Å². The number of hydrogen-bond donors (Lipinski definition) is 0. The van der Waals surface area contributed by atoms with Gasteiger partial charge in [-0.2, -0.15) is 0 Å². The lowest BCUT2D eigenvalue weighted by molar-refractivity contribution is -0.0217. The summed E-state index contributed by atoms with van der Waals surface area (Å²) in [6.07, 6.45) is 23.4. The van der Waals surface area contributed by atoms with Crippen molar-refractivity contribution >= 4 is 0 Å². The summed E-state index contributed by atoms with van der Waals surface area (Å²) < 4.78 is 0. The lowest BCUT2D eigenvalue weighted by Gasteiger charge is -2.53. The Balaban J connectivity index is 1.60. The average Bonchev–Trinajstić information content (AvgIpc) is 2.67. The van der Waals surface area contributed by atoms with E-state index in [9.17, 15) is 0 Å². The van der Waals surface area contributed by atoms with E-state index in [0.717, 1.165) is 23.2 Å². The molecule has 1 aliphatic heterocycles. The molecule has 2 unspecified atom stereocenters. The molecule has 1 spiro atoms. The fourth-order valence-electron chi connectivity index (χ4n) is 6.16. The summed E-state index contributed by atoms with van der Waals surface area (Å²) in [5.41, 5.74) is 0.773. The Morgan fingerprint density at radius 2 is 1.50 bits per heavy atom. The normalized spacial score (nSPS) is 22.3. The zero-order valence-corrected chi connectivity index (χ0v) is 20.1. The minimum absolute atomic E-state index is 0.773. The highest BCUT2D eigenvalue weighted by Crippen LogP contribution is 2.54. The first-order valence-corrected chi connectivity index (χ1v) is 13.3. The Morgan fingerprint density at radius 1 is 0.786 bits per heavy atom. The van der Waals surface area contributed by atoms with Crippen LogP contribution in [0.2, 0.25) is 0 Å². The second-order valence-electron chi connectivity index (χ2n) is 10.9. The Bertz CT molecular complexity index is 374. The largest absolute Gasteiger partial charge is 0.303 e. The van der Waals surface area contributed by atoms with Gasteiger partial charge in [0.1, 0.15) is 0 Å². The van der Waals surface area contributed by atoms with Crippen LogP contribution in [0.5, 0.6) is 0 Å². The van der Waals surface area contributed by atoms with Crippen molar-refractivity contribution in [2.75, 3.05) is 19.6 Å². The maximum atomic E-state index is 2.84. The third-order valence-corrected chi connectivity index (χ3v) is 8.16. The van der Waals surface area contributed by atoms with Crippen LogP contribution in [0.1, 0.15) is 130 Å². The maximum Gasteiger partial charge on any atom is 0.000966 e. The smallest absolute Gasteiger partial charge is 0.000966 e. The van der Waals surface area contributed by atoms with E-state index in [2.05, 4.69) is 32.6 Å². The molecule has 0 aromatic heterocycles. The molecule has 2 rings (SSSR count). The molecule has 0 N–H and O–H groups in total. The number of likely N-dealkylation sites (tertiary alicyclic amines) is 1. The third-order valence-electron chi connectivity index (χ3n) is 8.16. The van der Waals surface area contributed by atoms with E-state index in [1.807, 2.05) is 0 Å². The van der Waals surface area contributed by atoms with Gasteiger partial charge in [-0.25, -0.2) is 0 Å². The minimum Gasteiger partial charge on any atom is -0.303 e. The summed E-state index contributed by atoms with van der Waals surface area (Å²) in [7, 11) is 0. The third kappa shape index (κ3) is 8.37. The van der Waals surface area contributed by atoms with Crippen molar-refractivity contribution in [1.29, 1.82) is 0 Å². The molecule has 0 aromatic rings. The van der Waals surface area contributed by atoms with Gasteiger partial charge in [0.2, 0.25) is 0 Å². The van der Waals surface area contributed by atoms with E-state index in [-0.39, 0.29) is 0 Å². The highest BCUT2D eigenvalue weighted by atomic mass is 15.1. The van der Waals surface area contributed by atoms with Crippen molar-refractivity contribution in [2.45, 2.75) is 130 Å². The number of unbranched alkanes of at least 4 members (excludes halogenated alkanes) is 4. The fourth-order valence-corrected chi connectivity index (χ4v) is 6.16. The molecule has 2 aliphatic rings. The Hall–Kier alpha value is -0.0400. The molecule has 166 valence electrons. The number of nitrogens with zero attached hydrogens (tertiary/aromatic N) is 1. The Morgan fingerprint density at radius 3 is 2.14 bits per heavy atom. The molecule has 0 aromatic carbocycles. The van der Waals surface area contributed by atoms with Crippen LogP contribution in [0.25, 0.3) is 0 Å². The van der Waals surface area contributed by atoms with Gasteiger partial charge in [0.25, 0.3) is 0 Å². The number of piperidine rings is 1. The highest BCUT2D eigenvalue weighted by Gasteiger charge is 2.45. The van der Waals surface area contributed by atoms with Gasteiger partial charge >= 0.3 is 0 Å². The quantitative estimate of drug-likeness (QED) is 0.253. The van der Waals surface area contributed by atoms with Crippen molar-refractivity contribution in [3.8, 4) is 0 Å². The average molecular weight is 392 g/mol. The van der Waals surface area contributed by atoms with Gasteiger partial charge in [-0.05, 0) is 74.8 Å². The SMILES string of the molecule is CCCCCCC(CCC)CN1CCC2(CC1)CC(CCC(C)CCCC)C2. The summed E-state index contributed by atoms with van der Waals surface area (Å²) in [4.78, 5) is 2.84. The lowest BCUT2D eigenvalue weighted by atomic mass is 9.56. The van der Waals surface area contributed by atoms with Gasteiger partial charge in [0, 0.05) is 6.54 Å². The van der Waals surface area contributed by atoms with Crippen LogP contribution in [-0.2, 0) is 0 Å². The predicted molar refractivity (Wildman–Crippen MR) is 126 cm³/mol. The van der Waals surface area contributed by atoms with E-state index in [1.54, 1.807) is 12.8 Å². The van der Waals surface area contributed by atoms with Gasteiger partial charge < -0.3 is 4.90 Å².